The molecule has 3 aromatic rings. The molecular weight excluding hydrogens is 426 g/mol. The Kier molecular flexibility index (Phi) is 6.35. The largest absolute Gasteiger partial charge is 0.478 e. The van der Waals surface area contributed by atoms with Crippen molar-refractivity contribution in [2.45, 2.75) is 17.9 Å². The molecule has 0 aliphatic rings. The van der Waals surface area contributed by atoms with Gasteiger partial charge in [-0.1, -0.05) is 6.07 Å². The van der Waals surface area contributed by atoms with Crippen molar-refractivity contribution in [1.82, 2.24) is 15.3 Å². The SMILES string of the molecule is COC(=O)[C@@H](CSc1ccc(C(=O)O)c2nc3cccc(C(=O)O)c3nc12)NC(C)=O. The second-order valence-electron chi connectivity index (χ2n) is 6.40. The van der Waals surface area contributed by atoms with Crippen molar-refractivity contribution in [2.24, 2.45) is 0 Å². The molecule has 0 saturated carbocycles. The fraction of sp³-hybridized carbons (Fsp3) is 0.200. The Morgan fingerprint density at radius 1 is 1.00 bits per heavy atom. The zero-order valence-electron chi connectivity index (χ0n) is 16.4. The number of benzene rings is 2. The average molecular weight is 443 g/mol. The first-order valence-corrected chi connectivity index (χ1v) is 9.89. The first kappa shape index (κ1) is 22.0. The maximum atomic E-state index is 11.9. The summed E-state index contributed by atoms with van der Waals surface area (Å²) in [5.41, 5.74) is 0.440. The Labute approximate surface area is 179 Å². The van der Waals surface area contributed by atoms with Gasteiger partial charge in [-0.3, -0.25) is 4.79 Å². The molecule has 0 radical (unpaired) electrons. The highest BCUT2D eigenvalue weighted by Gasteiger charge is 2.23. The van der Waals surface area contributed by atoms with Gasteiger partial charge in [-0.2, -0.15) is 0 Å². The molecule has 31 heavy (non-hydrogen) atoms. The Hall–Kier alpha value is -3.73. The van der Waals surface area contributed by atoms with Gasteiger partial charge >= 0.3 is 17.9 Å². The van der Waals surface area contributed by atoms with E-state index in [-0.39, 0.29) is 38.9 Å². The van der Waals surface area contributed by atoms with E-state index in [0.29, 0.717) is 4.90 Å². The molecule has 160 valence electrons. The number of fused-ring (bicyclic) bond motifs is 2. The van der Waals surface area contributed by atoms with Crippen LogP contribution in [0.1, 0.15) is 27.6 Å². The van der Waals surface area contributed by atoms with Crippen LogP contribution in [0.4, 0.5) is 0 Å². The number of rotatable bonds is 7. The van der Waals surface area contributed by atoms with Crippen LogP contribution < -0.4 is 5.32 Å². The molecule has 0 unspecified atom stereocenters. The van der Waals surface area contributed by atoms with Crippen LogP contribution in [0.5, 0.6) is 0 Å². The fourth-order valence-electron chi connectivity index (χ4n) is 2.94. The predicted molar refractivity (Wildman–Crippen MR) is 111 cm³/mol. The molecule has 3 N–H and O–H groups in total. The quantitative estimate of drug-likeness (QED) is 0.280. The van der Waals surface area contributed by atoms with E-state index in [9.17, 15) is 29.4 Å². The van der Waals surface area contributed by atoms with Crippen LogP contribution in [0.3, 0.4) is 0 Å². The van der Waals surface area contributed by atoms with Crippen LogP contribution in [0.15, 0.2) is 35.2 Å². The summed E-state index contributed by atoms with van der Waals surface area (Å²) in [5, 5.41) is 21.5. The number of carbonyl (C=O) groups is 4. The maximum Gasteiger partial charge on any atom is 0.337 e. The summed E-state index contributed by atoms with van der Waals surface area (Å²) in [5.74, 6) is -3.39. The number of nitrogens with one attached hydrogen (secondary N) is 1. The second kappa shape index (κ2) is 8.96. The van der Waals surface area contributed by atoms with E-state index in [2.05, 4.69) is 15.3 Å². The molecular formula is C20H17N3O7S. The van der Waals surface area contributed by atoms with Crippen LogP contribution in [0.2, 0.25) is 0 Å². The number of carbonyl (C=O) groups excluding carboxylic acids is 2. The average Bonchev–Trinajstić information content (AvgIpc) is 2.73. The Morgan fingerprint density at radius 3 is 2.29 bits per heavy atom. The number of nitrogens with zero attached hydrogens (tertiary/aromatic N) is 2. The molecule has 0 aliphatic carbocycles. The van der Waals surface area contributed by atoms with Crippen molar-refractivity contribution in [1.29, 1.82) is 0 Å². The number of amides is 1. The molecule has 3 rings (SSSR count). The van der Waals surface area contributed by atoms with Crippen LogP contribution in [0, 0.1) is 0 Å². The molecule has 0 bridgehead atoms. The summed E-state index contributed by atoms with van der Waals surface area (Å²) in [6.45, 7) is 1.27. The molecule has 11 heteroatoms. The number of carboxylic acids is 2. The highest BCUT2D eigenvalue weighted by atomic mass is 32.2. The van der Waals surface area contributed by atoms with Gasteiger partial charge in [0, 0.05) is 17.6 Å². The summed E-state index contributed by atoms with van der Waals surface area (Å²) < 4.78 is 4.70. The molecule has 1 atom stereocenters. The summed E-state index contributed by atoms with van der Waals surface area (Å²) in [4.78, 5) is 55.8. The number of carboxylic acid groups (broad SMARTS) is 2. The monoisotopic (exact) mass is 443 g/mol. The van der Waals surface area contributed by atoms with Crippen molar-refractivity contribution in [2.75, 3.05) is 12.9 Å². The van der Waals surface area contributed by atoms with E-state index in [1.807, 2.05) is 0 Å². The number of hydrogen-bond acceptors (Lipinski definition) is 8. The standard InChI is InChI=1S/C20H17N3O7S/c1-9(24)21-13(20(29)30-2)8-31-14-7-6-11(19(27)28)16-17(14)23-15-10(18(25)26)4-3-5-12(15)22-16/h3-7,13H,8H2,1-2H3,(H,21,24)(H,25,26)(H,27,28)/t13-/m1/s1. The highest BCUT2D eigenvalue weighted by molar-refractivity contribution is 7.99. The van der Waals surface area contributed by atoms with Gasteiger partial charge < -0.3 is 20.3 Å². The zero-order chi connectivity index (χ0) is 22.7. The zero-order valence-corrected chi connectivity index (χ0v) is 17.2. The van der Waals surface area contributed by atoms with Crippen molar-refractivity contribution >= 4 is 57.6 Å². The van der Waals surface area contributed by atoms with Gasteiger partial charge in [-0.15, -0.1) is 11.8 Å². The van der Waals surface area contributed by atoms with E-state index in [0.717, 1.165) is 11.8 Å². The minimum Gasteiger partial charge on any atom is -0.478 e. The van der Waals surface area contributed by atoms with Gasteiger partial charge in [0.2, 0.25) is 5.91 Å². The van der Waals surface area contributed by atoms with E-state index in [1.165, 1.54) is 38.3 Å². The van der Waals surface area contributed by atoms with E-state index < -0.39 is 29.9 Å². The fourth-order valence-corrected chi connectivity index (χ4v) is 3.95. The van der Waals surface area contributed by atoms with Crippen LogP contribution in [-0.4, -0.2) is 62.9 Å². The van der Waals surface area contributed by atoms with Gasteiger partial charge in [0.1, 0.15) is 22.6 Å². The van der Waals surface area contributed by atoms with Crippen LogP contribution in [0.25, 0.3) is 22.1 Å². The summed E-state index contributed by atoms with van der Waals surface area (Å²) in [6.07, 6.45) is 0. The lowest BCUT2D eigenvalue weighted by atomic mass is 10.1. The van der Waals surface area contributed by atoms with E-state index >= 15 is 0 Å². The molecule has 0 saturated heterocycles. The predicted octanol–water partition coefficient (Wildman–Crippen LogP) is 1.95. The summed E-state index contributed by atoms with van der Waals surface area (Å²) >= 11 is 1.13. The van der Waals surface area contributed by atoms with Gasteiger partial charge in [-0.05, 0) is 24.3 Å². The topological polar surface area (TPSA) is 156 Å². The van der Waals surface area contributed by atoms with E-state index in [4.69, 9.17) is 4.74 Å². The van der Waals surface area contributed by atoms with Crippen molar-refractivity contribution in [3.63, 3.8) is 0 Å². The minimum absolute atomic E-state index is 0.0748. The van der Waals surface area contributed by atoms with Gasteiger partial charge in [0.05, 0.1) is 23.8 Å². The molecule has 1 amide bonds. The Morgan fingerprint density at radius 2 is 1.68 bits per heavy atom. The number of ether oxygens (including phenoxy) is 1. The summed E-state index contributed by atoms with van der Waals surface area (Å²) in [6, 6.07) is 6.35. The second-order valence-corrected chi connectivity index (χ2v) is 7.46. The molecule has 0 fully saturated rings. The van der Waals surface area contributed by atoms with Crippen molar-refractivity contribution < 1.29 is 34.1 Å². The number of esters is 1. The lowest BCUT2D eigenvalue weighted by Crippen LogP contribution is -2.42. The number of methoxy groups -OCH3 is 1. The Balaban J connectivity index is 2.15. The van der Waals surface area contributed by atoms with E-state index in [1.54, 1.807) is 6.07 Å². The molecule has 10 nitrogen and oxygen atoms in total. The minimum atomic E-state index is -1.21. The molecule has 1 heterocycles. The number of aromatic nitrogens is 2. The number of aromatic carboxylic acids is 2. The molecule has 0 spiro atoms. The number of thioether (sulfide) groups is 1. The Bertz CT molecular complexity index is 1230. The summed E-state index contributed by atoms with van der Waals surface area (Å²) in [7, 11) is 1.20. The highest BCUT2D eigenvalue weighted by Crippen LogP contribution is 2.31. The number of para-hydroxylation sites is 1. The lowest BCUT2D eigenvalue weighted by Gasteiger charge is -2.16. The third-order valence-electron chi connectivity index (χ3n) is 4.31. The molecule has 1 aromatic heterocycles. The lowest BCUT2D eigenvalue weighted by molar-refractivity contribution is -0.144. The first-order valence-electron chi connectivity index (χ1n) is 8.90. The first-order chi connectivity index (χ1) is 14.7. The molecule has 2 aromatic carbocycles. The van der Waals surface area contributed by atoms with Crippen LogP contribution in [-0.2, 0) is 14.3 Å². The van der Waals surface area contributed by atoms with Gasteiger partial charge in [0.15, 0.2) is 0 Å². The molecule has 0 aliphatic heterocycles. The number of hydrogen-bond donors (Lipinski definition) is 3. The normalized spacial score (nSPS) is 11.8. The third-order valence-corrected chi connectivity index (χ3v) is 5.45. The van der Waals surface area contributed by atoms with Crippen molar-refractivity contribution in [3.05, 3.63) is 41.5 Å². The van der Waals surface area contributed by atoms with Crippen LogP contribution >= 0.6 is 11.8 Å². The van der Waals surface area contributed by atoms with Gasteiger partial charge in [-0.25, -0.2) is 24.4 Å². The third kappa shape index (κ3) is 4.56. The van der Waals surface area contributed by atoms with Crippen molar-refractivity contribution in [3.8, 4) is 0 Å². The smallest absolute Gasteiger partial charge is 0.337 e. The van der Waals surface area contributed by atoms with Gasteiger partial charge in [0.25, 0.3) is 0 Å². The maximum absolute atomic E-state index is 11.9.